The molecule has 0 radical (unpaired) electrons. The topological polar surface area (TPSA) is 69.6 Å². The molecule has 138 valence electrons. The highest BCUT2D eigenvalue weighted by atomic mass is 32.2. The highest BCUT2D eigenvalue weighted by Crippen LogP contribution is 2.52. The Hall–Kier alpha value is -1.47. The zero-order chi connectivity index (χ0) is 18.4. The number of nitrogens with one attached hydrogen (secondary N) is 1. The van der Waals surface area contributed by atoms with Gasteiger partial charge < -0.3 is 10.0 Å². The Labute approximate surface area is 150 Å². The van der Waals surface area contributed by atoms with Crippen molar-refractivity contribution in [2.75, 3.05) is 13.1 Å². The molecule has 1 aliphatic carbocycles. The molecular weight excluding hydrogens is 343 g/mol. The van der Waals surface area contributed by atoms with Crippen LogP contribution in [0.2, 0.25) is 0 Å². The molecule has 0 aromatic heterocycles. The van der Waals surface area contributed by atoms with Gasteiger partial charge in [0.05, 0.1) is 21.8 Å². The molecule has 7 heteroatoms. The zero-order valence-corrected chi connectivity index (χ0v) is 15.7. The monoisotopic (exact) mass is 368 g/mol. The highest BCUT2D eigenvalue weighted by Gasteiger charge is 2.50. The zero-order valence-electron chi connectivity index (χ0n) is 14.8. The Morgan fingerprint density at radius 1 is 1.36 bits per heavy atom. The van der Waals surface area contributed by atoms with Crippen LogP contribution in [0.25, 0.3) is 0 Å². The third kappa shape index (κ3) is 3.31. The lowest BCUT2D eigenvalue weighted by Crippen LogP contribution is -2.48. The summed E-state index contributed by atoms with van der Waals surface area (Å²) in [6.07, 6.45) is 0.902. The molecule has 25 heavy (non-hydrogen) atoms. The van der Waals surface area contributed by atoms with Gasteiger partial charge in [0, 0.05) is 13.1 Å². The number of rotatable bonds is 2. The molecule has 1 aromatic rings. The summed E-state index contributed by atoms with van der Waals surface area (Å²) in [7, 11) is -1.29. The summed E-state index contributed by atoms with van der Waals surface area (Å²) in [4.78, 5) is 12.6. The normalized spacial score (nSPS) is 23.5. The van der Waals surface area contributed by atoms with Crippen molar-refractivity contribution in [3.05, 3.63) is 35.1 Å². The molecule has 0 saturated carbocycles. The van der Waals surface area contributed by atoms with Crippen LogP contribution < -0.4 is 4.72 Å². The maximum absolute atomic E-state index is 14.4. The summed E-state index contributed by atoms with van der Waals surface area (Å²) in [5.41, 5.74) is 1.24. The van der Waals surface area contributed by atoms with E-state index >= 15 is 0 Å². The molecule has 1 saturated heterocycles. The van der Waals surface area contributed by atoms with Crippen molar-refractivity contribution < 1.29 is 18.5 Å². The van der Waals surface area contributed by atoms with E-state index in [0.717, 1.165) is 5.56 Å². The first-order chi connectivity index (χ1) is 11.6. The smallest absolute Gasteiger partial charge is 0.407 e. The number of fused-ring (bicyclic) bond motifs is 1. The molecule has 5 nitrogen and oxygen atoms in total. The van der Waals surface area contributed by atoms with E-state index in [2.05, 4.69) is 4.72 Å². The second kappa shape index (κ2) is 6.36. The molecule has 1 heterocycles. The van der Waals surface area contributed by atoms with Crippen LogP contribution >= 0.6 is 0 Å². The van der Waals surface area contributed by atoms with E-state index in [4.69, 9.17) is 0 Å². The number of benzene rings is 1. The second-order valence-corrected chi connectivity index (χ2v) is 10.0. The first-order valence-electron chi connectivity index (χ1n) is 8.57. The summed E-state index contributed by atoms with van der Waals surface area (Å²) in [6, 6.07) is 4.82. The lowest BCUT2D eigenvalue weighted by atomic mass is 9.73. The van der Waals surface area contributed by atoms with Crippen molar-refractivity contribution in [3.8, 4) is 0 Å². The van der Waals surface area contributed by atoms with E-state index in [9.17, 15) is 18.5 Å². The molecule has 2 N–H and O–H groups in total. The molecule has 1 amide bonds. The van der Waals surface area contributed by atoms with Crippen LogP contribution in [0, 0.1) is 11.2 Å². The number of hydrogen-bond donors (Lipinski definition) is 2. The minimum Gasteiger partial charge on any atom is -0.465 e. The quantitative estimate of drug-likeness (QED) is 0.842. The van der Waals surface area contributed by atoms with Gasteiger partial charge in [-0.3, -0.25) is 0 Å². The van der Waals surface area contributed by atoms with Crippen LogP contribution in [0.5, 0.6) is 0 Å². The number of hydrogen-bond acceptors (Lipinski definition) is 2. The van der Waals surface area contributed by atoms with Crippen LogP contribution in [0.1, 0.15) is 50.8 Å². The van der Waals surface area contributed by atoms with E-state index < -0.39 is 21.8 Å². The molecule has 2 aliphatic rings. The Balaban J connectivity index is 1.94. The van der Waals surface area contributed by atoms with Gasteiger partial charge in [0.25, 0.3) is 0 Å². The molecule has 1 unspecified atom stereocenters. The van der Waals surface area contributed by atoms with E-state index in [1.54, 1.807) is 6.07 Å². The van der Waals surface area contributed by atoms with Crippen LogP contribution in [-0.2, 0) is 17.4 Å². The summed E-state index contributed by atoms with van der Waals surface area (Å²) in [6.45, 7) is 6.54. The molecule has 0 bridgehead atoms. The molecule has 1 fully saturated rings. The Morgan fingerprint density at radius 2 is 2.00 bits per heavy atom. The third-order valence-electron chi connectivity index (χ3n) is 5.42. The second-order valence-electron chi connectivity index (χ2n) is 8.05. The van der Waals surface area contributed by atoms with Crippen molar-refractivity contribution in [2.45, 2.75) is 50.8 Å². The molecule has 1 aromatic carbocycles. The molecular formula is C18H25FN2O3S. The van der Waals surface area contributed by atoms with E-state index in [-0.39, 0.29) is 17.3 Å². The Bertz CT molecular complexity index is 709. The fraction of sp³-hybridized carbons (Fsp3) is 0.611. The number of likely N-dealkylation sites (tertiary alicyclic amines) is 1. The molecule has 3 rings (SSSR count). The standard InChI is InChI=1S/C18H25FN2O3S/c1-17(2,3)25(24)20-15-12-5-4-6-14(19)13(12)11-18(15)7-9-21(10-8-18)16(22)23/h4-6,15,20H,7-11H2,1-3H3,(H,22,23)/t15-,25?/m0/s1. The average Bonchev–Trinajstić information content (AvgIpc) is 2.82. The third-order valence-corrected chi connectivity index (χ3v) is 6.98. The van der Waals surface area contributed by atoms with Crippen LogP contribution in [0.3, 0.4) is 0 Å². The van der Waals surface area contributed by atoms with Gasteiger partial charge in [-0.05, 0) is 62.6 Å². The van der Waals surface area contributed by atoms with Crippen molar-refractivity contribution in [1.29, 1.82) is 0 Å². The highest BCUT2D eigenvalue weighted by molar-refractivity contribution is 7.84. The Kier molecular flexibility index (Phi) is 4.66. The first kappa shape index (κ1) is 18.3. The van der Waals surface area contributed by atoms with E-state index in [1.165, 1.54) is 11.0 Å². The van der Waals surface area contributed by atoms with Gasteiger partial charge in [-0.1, -0.05) is 12.1 Å². The number of amides is 1. The van der Waals surface area contributed by atoms with Gasteiger partial charge >= 0.3 is 6.09 Å². The maximum atomic E-state index is 14.4. The van der Waals surface area contributed by atoms with Gasteiger partial charge in [0.2, 0.25) is 0 Å². The summed E-state index contributed by atoms with van der Waals surface area (Å²) < 4.78 is 29.9. The van der Waals surface area contributed by atoms with Crippen LogP contribution in [0.15, 0.2) is 18.2 Å². The van der Waals surface area contributed by atoms with Crippen LogP contribution in [-0.4, -0.2) is 38.1 Å². The van der Waals surface area contributed by atoms with Crippen molar-refractivity contribution in [1.82, 2.24) is 9.62 Å². The van der Waals surface area contributed by atoms with Crippen molar-refractivity contribution in [2.24, 2.45) is 5.41 Å². The average molecular weight is 368 g/mol. The lowest BCUT2D eigenvalue weighted by molar-refractivity contribution is 0.0766. The van der Waals surface area contributed by atoms with E-state index in [1.807, 2.05) is 26.8 Å². The van der Waals surface area contributed by atoms with Gasteiger partial charge in [-0.15, -0.1) is 0 Å². The number of nitrogens with zero attached hydrogens (tertiary/aromatic N) is 1. The van der Waals surface area contributed by atoms with Crippen LogP contribution in [0.4, 0.5) is 9.18 Å². The first-order valence-corrected chi connectivity index (χ1v) is 9.72. The van der Waals surface area contributed by atoms with Gasteiger partial charge in [-0.2, -0.15) is 0 Å². The summed E-state index contributed by atoms with van der Waals surface area (Å²) >= 11 is 0. The predicted octanol–water partition coefficient (Wildman–Crippen LogP) is 3.23. The van der Waals surface area contributed by atoms with Gasteiger partial charge in [0.15, 0.2) is 0 Å². The van der Waals surface area contributed by atoms with Crippen molar-refractivity contribution >= 4 is 17.1 Å². The molecule has 1 aliphatic heterocycles. The fourth-order valence-corrected chi connectivity index (χ4v) is 4.84. The largest absolute Gasteiger partial charge is 0.465 e. The van der Waals surface area contributed by atoms with Gasteiger partial charge in [0.1, 0.15) is 5.82 Å². The number of carbonyl (C=O) groups is 1. The SMILES string of the molecule is CC(C)(C)S(=O)N[C@H]1c2cccc(F)c2CC12CCN(C(=O)O)CC2. The Morgan fingerprint density at radius 3 is 2.56 bits per heavy atom. The summed E-state index contributed by atoms with van der Waals surface area (Å²) in [5.74, 6) is -0.233. The predicted molar refractivity (Wildman–Crippen MR) is 95.1 cm³/mol. The summed E-state index contributed by atoms with van der Waals surface area (Å²) in [5, 5.41) is 9.21. The lowest BCUT2D eigenvalue weighted by Gasteiger charge is -2.43. The van der Waals surface area contributed by atoms with Gasteiger partial charge in [-0.25, -0.2) is 18.1 Å². The number of carboxylic acid groups (broad SMARTS) is 1. The number of halogens is 1. The van der Waals surface area contributed by atoms with Crippen molar-refractivity contribution in [3.63, 3.8) is 0 Å². The minimum atomic E-state index is -1.29. The molecule has 2 atom stereocenters. The minimum absolute atomic E-state index is 0.228. The maximum Gasteiger partial charge on any atom is 0.407 e. The van der Waals surface area contributed by atoms with E-state index in [0.29, 0.717) is 37.9 Å². The number of piperidine rings is 1. The molecule has 1 spiro atoms. The fourth-order valence-electron chi connectivity index (χ4n) is 3.90.